The van der Waals surface area contributed by atoms with Crippen LogP contribution in [-0.4, -0.2) is 0 Å². The van der Waals surface area contributed by atoms with Crippen LogP contribution >= 0.6 is 0 Å². The average molecular weight is 192 g/mol. The summed E-state index contributed by atoms with van der Waals surface area (Å²) < 4.78 is 0. The maximum Gasteiger partial charge on any atom is -0.0160 e. The fourth-order valence-corrected chi connectivity index (χ4v) is 2.95. The Morgan fingerprint density at radius 1 is 1.36 bits per heavy atom. The lowest BCUT2D eigenvalue weighted by Crippen LogP contribution is -2.00. The van der Waals surface area contributed by atoms with Crippen LogP contribution in [0.15, 0.2) is 11.1 Å². The number of hydrogen-bond donors (Lipinski definition) is 0. The van der Waals surface area contributed by atoms with Crippen LogP contribution in [-0.2, 0) is 0 Å². The van der Waals surface area contributed by atoms with E-state index in [9.17, 15) is 0 Å². The zero-order valence-electron chi connectivity index (χ0n) is 9.81. The van der Waals surface area contributed by atoms with Crippen LogP contribution < -0.4 is 0 Å². The predicted octanol–water partition coefficient (Wildman–Crippen LogP) is 4.70. The molecule has 0 N–H and O–H groups in total. The van der Waals surface area contributed by atoms with E-state index >= 15 is 0 Å². The number of unbranched alkanes of at least 4 members (excludes halogenated alkanes) is 1. The molecule has 0 radical (unpaired) electrons. The smallest absolute Gasteiger partial charge is 0.0160 e. The van der Waals surface area contributed by atoms with E-state index in [1.165, 1.54) is 51.4 Å². The molecule has 2 aliphatic carbocycles. The molecule has 0 aromatic rings. The lowest BCUT2D eigenvalue weighted by molar-refractivity contribution is 0.443. The lowest BCUT2D eigenvalue weighted by Gasteiger charge is -2.15. The molecule has 0 saturated heterocycles. The molecule has 2 atom stereocenters. The Morgan fingerprint density at radius 3 is 2.71 bits per heavy atom. The molecule has 0 aromatic heterocycles. The number of allylic oxidation sites excluding steroid dienone is 2. The third kappa shape index (κ3) is 2.21. The van der Waals surface area contributed by atoms with Crippen molar-refractivity contribution in [1.29, 1.82) is 0 Å². The first-order chi connectivity index (χ1) is 6.85. The molecule has 1 saturated carbocycles. The van der Waals surface area contributed by atoms with Gasteiger partial charge < -0.3 is 0 Å². The Morgan fingerprint density at radius 2 is 2.21 bits per heavy atom. The molecule has 0 nitrogen and oxygen atoms in total. The zero-order valence-corrected chi connectivity index (χ0v) is 9.81. The van der Waals surface area contributed by atoms with Crippen molar-refractivity contribution in [1.82, 2.24) is 0 Å². The molecule has 0 heteroatoms. The van der Waals surface area contributed by atoms with E-state index in [0.717, 1.165) is 11.8 Å². The maximum absolute atomic E-state index is 2.37. The summed E-state index contributed by atoms with van der Waals surface area (Å²) in [6, 6.07) is 0. The molecule has 1 fully saturated rings. The predicted molar refractivity (Wildman–Crippen MR) is 62.3 cm³/mol. The van der Waals surface area contributed by atoms with Crippen LogP contribution in [0.4, 0.5) is 0 Å². The van der Waals surface area contributed by atoms with E-state index in [4.69, 9.17) is 0 Å². The minimum absolute atomic E-state index is 0.997. The van der Waals surface area contributed by atoms with Crippen molar-refractivity contribution in [2.75, 3.05) is 0 Å². The molecule has 0 spiro atoms. The maximum atomic E-state index is 2.37. The minimum atomic E-state index is 0.997. The van der Waals surface area contributed by atoms with E-state index in [-0.39, 0.29) is 0 Å². The second-order valence-corrected chi connectivity index (χ2v) is 5.19. The van der Waals surface area contributed by atoms with Gasteiger partial charge in [-0.2, -0.15) is 0 Å². The van der Waals surface area contributed by atoms with Crippen molar-refractivity contribution < 1.29 is 0 Å². The minimum Gasteiger partial charge on any atom is -0.0704 e. The third-order valence-electron chi connectivity index (χ3n) is 4.13. The molecular weight excluding hydrogens is 168 g/mol. The molecule has 0 aromatic carbocycles. The van der Waals surface area contributed by atoms with Crippen LogP contribution in [0.25, 0.3) is 0 Å². The highest BCUT2D eigenvalue weighted by atomic mass is 14.4. The molecule has 80 valence electrons. The van der Waals surface area contributed by atoms with Crippen LogP contribution in [0, 0.1) is 11.8 Å². The molecule has 0 bridgehead atoms. The molecule has 2 unspecified atom stereocenters. The SMILES string of the molecule is CCCCC(CC)CC1=C2CC2CC1. The molecule has 2 rings (SSSR count). The van der Waals surface area contributed by atoms with E-state index in [0.29, 0.717) is 0 Å². The quantitative estimate of drug-likeness (QED) is 0.535. The highest BCUT2D eigenvalue weighted by molar-refractivity contribution is 5.35. The second-order valence-electron chi connectivity index (χ2n) is 5.19. The van der Waals surface area contributed by atoms with Gasteiger partial charge in [0.15, 0.2) is 0 Å². The van der Waals surface area contributed by atoms with Crippen LogP contribution in [0.2, 0.25) is 0 Å². The van der Waals surface area contributed by atoms with E-state index < -0.39 is 0 Å². The molecule has 14 heavy (non-hydrogen) atoms. The lowest BCUT2D eigenvalue weighted by atomic mass is 9.91. The number of hydrogen-bond acceptors (Lipinski definition) is 0. The Labute approximate surface area is 88.8 Å². The van der Waals surface area contributed by atoms with Gasteiger partial charge in [0.2, 0.25) is 0 Å². The molecule has 0 aliphatic heterocycles. The van der Waals surface area contributed by atoms with Gasteiger partial charge in [0, 0.05) is 0 Å². The number of rotatable bonds is 6. The van der Waals surface area contributed by atoms with Crippen LogP contribution in [0.3, 0.4) is 0 Å². The van der Waals surface area contributed by atoms with Gasteiger partial charge in [-0.25, -0.2) is 0 Å². The number of fused-ring (bicyclic) bond motifs is 1. The topological polar surface area (TPSA) is 0 Å². The third-order valence-corrected chi connectivity index (χ3v) is 4.13. The summed E-state index contributed by atoms with van der Waals surface area (Å²) in [5, 5.41) is 0. The Balaban J connectivity index is 1.79. The molecule has 0 amide bonds. The Bertz CT molecular complexity index is 224. The first-order valence-corrected chi connectivity index (χ1v) is 6.55. The van der Waals surface area contributed by atoms with Gasteiger partial charge >= 0.3 is 0 Å². The van der Waals surface area contributed by atoms with Gasteiger partial charge in [0.1, 0.15) is 0 Å². The van der Waals surface area contributed by atoms with E-state index in [1.54, 1.807) is 0 Å². The summed E-state index contributed by atoms with van der Waals surface area (Å²) >= 11 is 0. The van der Waals surface area contributed by atoms with Crippen molar-refractivity contribution in [3.8, 4) is 0 Å². The van der Waals surface area contributed by atoms with Gasteiger partial charge in [-0.3, -0.25) is 0 Å². The summed E-state index contributed by atoms with van der Waals surface area (Å²) in [6.07, 6.45) is 11.5. The zero-order chi connectivity index (χ0) is 9.97. The summed E-state index contributed by atoms with van der Waals surface area (Å²) in [7, 11) is 0. The average Bonchev–Trinajstić information content (AvgIpc) is 2.89. The highest BCUT2D eigenvalue weighted by Gasteiger charge is 2.37. The normalized spacial score (nSPS) is 26.6. The first-order valence-electron chi connectivity index (χ1n) is 6.55. The Kier molecular flexibility index (Phi) is 3.30. The summed E-state index contributed by atoms with van der Waals surface area (Å²) in [5.74, 6) is 2.06. The molecule has 0 heterocycles. The first kappa shape index (κ1) is 10.3. The van der Waals surface area contributed by atoms with Gasteiger partial charge in [0.05, 0.1) is 0 Å². The summed E-state index contributed by atoms with van der Waals surface area (Å²) in [5.41, 5.74) is 3.75. The van der Waals surface area contributed by atoms with Gasteiger partial charge in [-0.1, -0.05) is 50.7 Å². The van der Waals surface area contributed by atoms with E-state index in [1.807, 2.05) is 11.1 Å². The molecular formula is C14H24. The summed E-state index contributed by atoms with van der Waals surface area (Å²) in [4.78, 5) is 0. The van der Waals surface area contributed by atoms with Crippen molar-refractivity contribution in [2.45, 2.75) is 65.2 Å². The fourth-order valence-electron chi connectivity index (χ4n) is 2.95. The van der Waals surface area contributed by atoms with Gasteiger partial charge in [-0.15, -0.1) is 0 Å². The van der Waals surface area contributed by atoms with Crippen molar-refractivity contribution in [3.05, 3.63) is 11.1 Å². The highest BCUT2D eigenvalue weighted by Crippen LogP contribution is 2.52. The monoisotopic (exact) mass is 192 g/mol. The fraction of sp³-hybridized carbons (Fsp3) is 0.857. The van der Waals surface area contributed by atoms with E-state index in [2.05, 4.69) is 13.8 Å². The van der Waals surface area contributed by atoms with Crippen molar-refractivity contribution in [3.63, 3.8) is 0 Å². The summed E-state index contributed by atoms with van der Waals surface area (Å²) in [6.45, 7) is 4.67. The molecule has 2 aliphatic rings. The van der Waals surface area contributed by atoms with Crippen molar-refractivity contribution in [2.24, 2.45) is 11.8 Å². The van der Waals surface area contributed by atoms with Gasteiger partial charge in [-0.05, 0) is 37.5 Å². The van der Waals surface area contributed by atoms with Crippen LogP contribution in [0.5, 0.6) is 0 Å². The van der Waals surface area contributed by atoms with Crippen molar-refractivity contribution >= 4 is 0 Å². The second kappa shape index (κ2) is 4.51. The Hall–Kier alpha value is -0.260. The largest absolute Gasteiger partial charge is 0.0704 e. The van der Waals surface area contributed by atoms with Crippen LogP contribution in [0.1, 0.15) is 65.2 Å². The van der Waals surface area contributed by atoms with Gasteiger partial charge in [0.25, 0.3) is 0 Å². The standard InChI is InChI=1S/C14H24/c1-3-5-6-11(4-2)9-12-7-8-13-10-14(12)13/h11,13H,3-10H2,1-2H3.